The Morgan fingerprint density at radius 3 is 2.89 bits per heavy atom. The Morgan fingerprint density at radius 2 is 2.26 bits per heavy atom. The number of morpholine rings is 1. The van der Waals surface area contributed by atoms with Crippen LogP contribution in [0.25, 0.3) is 0 Å². The number of hydrogen-bond donors (Lipinski definition) is 0. The van der Waals surface area contributed by atoms with E-state index in [-0.39, 0.29) is 25.4 Å². The average molecular weight is 269 g/mol. The molecule has 1 saturated heterocycles. The Labute approximate surface area is 107 Å². The van der Waals surface area contributed by atoms with Crippen LogP contribution < -0.4 is 4.90 Å². The van der Waals surface area contributed by atoms with Crippen LogP contribution in [0.15, 0.2) is 12.1 Å². The van der Waals surface area contributed by atoms with Gasteiger partial charge in [0.1, 0.15) is 11.5 Å². The average Bonchev–Trinajstić information content (AvgIpc) is 2.37. The van der Waals surface area contributed by atoms with Crippen molar-refractivity contribution in [1.29, 1.82) is 5.26 Å². The molecule has 1 atom stereocenters. The highest BCUT2D eigenvalue weighted by Gasteiger charge is 2.29. The maximum absolute atomic E-state index is 13.5. The topological polar surface area (TPSA) is 79.4 Å². The number of benzene rings is 1. The minimum absolute atomic E-state index is 0.0280. The summed E-state index contributed by atoms with van der Waals surface area (Å²) in [4.78, 5) is 11.3. The molecule has 0 spiro atoms. The predicted molar refractivity (Wildman–Crippen MR) is 60.6 cm³/mol. The molecule has 0 aromatic heterocycles. The van der Waals surface area contributed by atoms with E-state index in [1.165, 1.54) is 4.90 Å². The van der Waals surface area contributed by atoms with Crippen molar-refractivity contribution in [3.63, 3.8) is 0 Å². The lowest BCUT2D eigenvalue weighted by Crippen LogP contribution is -2.42. The first-order valence-corrected chi connectivity index (χ1v) is 5.42. The van der Waals surface area contributed by atoms with Gasteiger partial charge in [-0.15, -0.1) is 0 Å². The maximum atomic E-state index is 13.5. The van der Waals surface area contributed by atoms with Crippen LogP contribution in [0.2, 0.25) is 0 Å². The van der Waals surface area contributed by atoms with Gasteiger partial charge in [0.15, 0.2) is 6.10 Å². The fourth-order valence-corrected chi connectivity index (χ4v) is 1.92. The van der Waals surface area contributed by atoms with Crippen LogP contribution in [0.1, 0.15) is 0 Å². The number of nitro benzene ring substituents is 1. The second kappa shape index (κ2) is 5.16. The molecule has 0 bridgehead atoms. The number of anilines is 1. The first kappa shape index (κ1) is 13.2. The smallest absolute Gasteiger partial charge is 0.328 e. The minimum atomic E-state index is -1.24. The summed E-state index contributed by atoms with van der Waals surface area (Å²) in [6.07, 6.45) is -0.778. The van der Waals surface area contributed by atoms with Crippen molar-refractivity contribution in [3.05, 3.63) is 33.9 Å². The quantitative estimate of drug-likeness (QED) is 0.601. The zero-order valence-corrected chi connectivity index (χ0v) is 9.68. The van der Waals surface area contributed by atoms with E-state index in [1.54, 1.807) is 0 Å². The van der Waals surface area contributed by atoms with E-state index in [0.717, 1.165) is 6.07 Å². The Hall–Kier alpha value is -2.27. The van der Waals surface area contributed by atoms with Gasteiger partial charge in [0.25, 0.3) is 0 Å². The lowest BCUT2D eigenvalue weighted by atomic mass is 10.2. The molecule has 8 heteroatoms. The molecular formula is C11H9F2N3O3. The van der Waals surface area contributed by atoms with Gasteiger partial charge in [-0.3, -0.25) is 10.1 Å². The summed E-state index contributed by atoms with van der Waals surface area (Å²) < 4.78 is 31.8. The molecule has 0 N–H and O–H groups in total. The van der Waals surface area contributed by atoms with Gasteiger partial charge in [0.05, 0.1) is 24.1 Å². The van der Waals surface area contributed by atoms with Gasteiger partial charge in [-0.25, -0.2) is 4.39 Å². The van der Waals surface area contributed by atoms with E-state index < -0.39 is 28.3 Å². The Balaban J connectivity index is 2.43. The van der Waals surface area contributed by atoms with Gasteiger partial charge in [-0.1, -0.05) is 0 Å². The molecule has 1 aromatic rings. The molecule has 0 radical (unpaired) electrons. The van der Waals surface area contributed by atoms with Crippen LogP contribution >= 0.6 is 0 Å². The van der Waals surface area contributed by atoms with Gasteiger partial charge in [0.2, 0.25) is 5.82 Å². The number of hydrogen-bond acceptors (Lipinski definition) is 5. The monoisotopic (exact) mass is 269 g/mol. The molecule has 2 rings (SSSR count). The van der Waals surface area contributed by atoms with Crippen LogP contribution in [-0.4, -0.2) is 30.7 Å². The molecule has 1 unspecified atom stereocenters. The number of ether oxygens (including phenoxy) is 1. The van der Waals surface area contributed by atoms with Crippen molar-refractivity contribution in [2.75, 3.05) is 24.6 Å². The molecule has 1 aliphatic heterocycles. The molecule has 1 aliphatic rings. The van der Waals surface area contributed by atoms with Crippen molar-refractivity contribution in [1.82, 2.24) is 0 Å². The molecule has 0 aliphatic carbocycles. The highest BCUT2D eigenvalue weighted by Crippen LogP contribution is 2.32. The van der Waals surface area contributed by atoms with E-state index >= 15 is 0 Å². The number of halogens is 2. The van der Waals surface area contributed by atoms with E-state index in [9.17, 15) is 18.9 Å². The van der Waals surface area contributed by atoms with Gasteiger partial charge in [0, 0.05) is 18.7 Å². The molecule has 1 fully saturated rings. The van der Waals surface area contributed by atoms with Crippen LogP contribution in [0.4, 0.5) is 20.2 Å². The standard InChI is InChI=1S/C11H9F2N3O3/c12-7-3-9(13)11(16(17)18)10(4-7)15-1-2-19-8(5-14)6-15/h3-4,8H,1-2,6H2. The summed E-state index contributed by atoms with van der Waals surface area (Å²) in [5.41, 5.74) is -0.967. The van der Waals surface area contributed by atoms with Crippen LogP contribution in [0.3, 0.4) is 0 Å². The molecular weight excluding hydrogens is 260 g/mol. The van der Waals surface area contributed by atoms with Gasteiger partial charge < -0.3 is 9.64 Å². The highest BCUT2D eigenvalue weighted by molar-refractivity contribution is 5.64. The number of nitriles is 1. The van der Waals surface area contributed by atoms with Crippen molar-refractivity contribution in [2.45, 2.75) is 6.10 Å². The van der Waals surface area contributed by atoms with Gasteiger partial charge >= 0.3 is 5.69 Å². The fourth-order valence-electron chi connectivity index (χ4n) is 1.92. The Kier molecular flexibility index (Phi) is 3.57. The predicted octanol–water partition coefficient (Wildman–Crippen LogP) is 1.60. The van der Waals surface area contributed by atoms with E-state index in [0.29, 0.717) is 6.07 Å². The number of rotatable bonds is 2. The van der Waals surface area contributed by atoms with Crippen molar-refractivity contribution < 1.29 is 18.4 Å². The summed E-state index contributed by atoms with van der Waals surface area (Å²) in [7, 11) is 0. The van der Waals surface area contributed by atoms with Crippen LogP contribution in [0.5, 0.6) is 0 Å². The van der Waals surface area contributed by atoms with E-state index in [1.807, 2.05) is 6.07 Å². The largest absolute Gasteiger partial charge is 0.360 e. The van der Waals surface area contributed by atoms with Crippen molar-refractivity contribution in [3.8, 4) is 6.07 Å². The third kappa shape index (κ3) is 2.61. The molecule has 0 saturated carbocycles. The summed E-state index contributed by atoms with van der Waals surface area (Å²) in [5, 5.41) is 19.6. The molecule has 1 aromatic carbocycles. The maximum Gasteiger partial charge on any atom is 0.328 e. The second-order valence-electron chi connectivity index (χ2n) is 3.95. The molecule has 100 valence electrons. The third-order valence-electron chi connectivity index (χ3n) is 2.74. The molecule has 6 nitrogen and oxygen atoms in total. The lowest BCUT2D eigenvalue weighted by molar-refractivity contribution is -0.386. The zero-order valence-electron chi connectivity index (χ0n) is 9.68. The summed E-state index contributed by atoms with van der Waals surface area (Å²) in [6.45, 7) is 0.412. The van der Waals surface area contributed by atoms with Gasteiger partial charge in [-0.2, -0.15) is 9.65 Å². The fraction of sp³-hybridized carbons (Fsp3) is 0.364. The first-order valence-electron chi connectivity index (χ1n) is 5.42. The summed E-state index contributed by atoms with van der Waals surface area (Å²) >= 11 is 0. The molecule has 19 heavy (non-hydrogen) atoms. The summed E-state index contributed by atoms with van der Waals surface area (Å²) in [5.74, 6) is -2.14. The van der Waals surface area contributed by atoms with E-state index in [4.69, 9.17) is 10.00 Å². The number of nitrogens with zero attached hydrogens (tertiary/aromatic N) is 3. The van der Waals surface area contributed by atoms with Crippen LogP contribution in [-0.2, 0) is 4.74 Å². The van der Waals surface area contributed by atoms with E-state index in [2.05, 4.69) is 0 Å². The highest BCUT2D eigenvalue weighted by atomic mass is 19.1. The SMILES string of the molecule is N#CC1CN(c2cc(F)cc(F)c2[N+](=O)[O-])CCO1. The van der Waals surface area contributed by atoms with Crippen molar-refractivity contribution >= 4 is 11.4 Å². The molecule has 1 heterocycles. The Bertz CT molecular complexity index is 559. The normalized spacial score (nSPS) is 19.0. The Morgan fingerprint density at radius 1 is 1.53 bits per heavy atom. The first-order chi connectivity index (χ1) is 9.02. The second-order valence-corrected chi connectivity index (χ2v) is 3.95. The van der Waals surface area contributed by atoms with Crippen molar-refractivity contribution in [2.24, 2.45) is 0 Å². The molecule has 0 amide bonds. The number of nitro groups is 1. The van der Waals surface area contributed by atoms with Gasteiger partial charge in [-0.05, 0) is 0 Å². The van der Waals surface area contributed by atoms with Crippen LogP contribution in [0, 0.1) is 33.1 Å². The minimum Gasteiger partial charge on any atom is -0.360 e. The lowest BCUT2D eigenvalue weighted by Gasteiger charge is -2.31. The summed E-state index contributed by atoms with van der Waals surface area (Å²) in [6, 6.07) is 3.21. The zero-order chi connectivity index (χ0) is 14.0. The third-order valence-corrected chi connectivity index (χ3v) is 2.74.